The Hall–Kier alpha value is -9.23. The lowest BCUT2D eigenvalue weighted by atomic mass is 9.94. The molecule has 6 heteroatoms. The van der Waals surface area contributed by atoms with Gasteiger partial charge in [-0.25, -0.2) is 15.0 Å². The topological polar surface area (TPSA) is 56.7 Å². The van der Waals surface area contributed by atoms with E-state index in [1.807, 2.05) is 67.6 Å². The van der Waals surface area contributed by atoms with Gasteiger partial charge in [-0.3, -0.25) is 0 Å². The van der Waals surface area contributed by atoms with Gasteiger partial charge in [0.05, 0.1) is 11.0 Å². The van der Waals surface area contributed by atoms with Gasteiger partial charge in [-0.05, 0) is 81.4 Å². The van der Waals surface area contributed by atoms with Crippen molar-refractivity contribution < 1.29 is 4.42 Å². The Morgan fingerprint density at radius 3 is 1.67 bits per heavy atom. The number of fused-ring (bicyclic) bond motifs is 14. The third-order valence-corrected chi connectivity index (χ3v) is 15.3. The Morgan fingerprint density at radius 1 is 0.329 bits per heavy atom. The van der Waals surface area contributed by atoms with Gasteiger partial charge >= 0.3 is 0 Å². The van der Waals surface area contributed by atoms with Crippen LogP contribution in [0, 0.1) is 0 Å². The minimum Gasteiger partial charge on any atom is -0.456 e. The highest BCUT2D eigenvalue weighted by molar-refractivity contribution is 7.25. The van der Waals surface area contributed by atoms with Crippen LogP contribution in [0.15, 0.2) is 235 Å². The number of benzene rings is 11. The van der Waals surface area contributed by atoms with Crippen LogP contribution in [0.1, 0.15) is 13.8 Å². The highest BCUT2D eigenvalue weighted by Crippen LogP contribution is 2.47. The van der Waals surface area contributed by atoms with Gasteiger partial charge in [-0.2, -0.15) is 0 Å². The summed E-state index contributed by atoms with van der Waals surface area (Å²) in [4.78, 5) is 15.6. The largest absolute Gasteiger partial charge is 0.456 e. The fraction of sp³-hybridized carbons (Fsp3) is 0.0299. The predicted octanol–water partition coefficient (Wildman–Crippen LogP) is 18.9. The zero-order valence-corrected chi connectivity index (χ0v) is 40.9. The number of hydrogen-bond donors (Lipinski definition) is 0. The van der Waals surface area contributed by atoms with E-state index < -0.39 is 0 Å². The van der Waals surface area contributed by atoms with Gasteiger partial charge < -0.3 is 8.98 Å². The number of nitrogens with zero attached hydrogens (tertiary/aromatic N) is 4. The summed E-state index contributed by atoms with van der Waals surface area (Å²) in [5.41, 5.74) is 12.3. The van der Waals surface area contributed by atoms with Gasteiger partial charge in [0, 0.05) is 75.0 Å². The minimum absolute atomic E-state index is 0.573. The maximum Gasteiger partial charge on any atom is 0.164 e. The first-order valence-corrected chi connectivity index (χ1v) is 25.7. The van der Waals surface area contributed by atoms with Crippen LogP contribution in [0.3, 0.4) is 0 Å². The van der Waals surface area contributed by atoms with Crippen molar-refractivity contribution in [3.05, 3.63) is 231 Å². The quantitative estimate of drug-likeness (QED) is 0.156. The van der Waals surface area contributed by atoms with Gasteiger partial charge in [0.1, 0.15) is 11.2 Å². The van der Waals surface area contributed by atoms with E-state index in [1.165, 1.54) is 63.6 Å². The molecule has 11 aromatic carbocycles. The van der Waals surface area contributed by atoms with E-state index in [0.29, 0.717) is 17.5 Å². The van der Waals surface area contributed by atoms with Crippen molar-refractivity contribution in [2.24, 2.45) is 0 Å². The lowest BCUT2D eigenvalue weighted by Crippen LogP contribution is -2.01. The summed E-state index contributed by atoms with van der Waals surface area (Å²) >= 11 is 1.86. The van der Waals surface area contributed by atoms with Crippen LogP contribution in [0.5, 0.6) is 0 Å². The molecule has 0 spiro atoms. The van der Waals surface area contributed by atoms with Crippen LogP contribution in [0.2, 0.25) is 0 Å². The number of furan rings is 1. The number of hydrogen-bond acceptors (Lipinski definition) is 5. The summed E-state index contributed by atoms with van der Waals surface area (Å²) in [6.07, 6.45) is 0. The minimum atomic E-state index is 0.573. The van der Waals surface area contributed by atoms with Crippen molar-refractivity contribution in [1.82, 2.24) is 19.5 Å². The summed E-state index contributed by atoms with van der Waals surface area (Å²) < 4.78 is 11.4. The van der Waals surface area contributed by atoms with Crippen LogP contribution in [0.4, 0.5) is 0 Å². The van der Waals surface area contributed by atoms with Gasteiger partial charge in [0.25, 0.3) is 0 Å². The van der Waals surface area contributed by atoms with Crippen molar-refractivity contribution in [2.45, 2.75) is 13.8 Å². The molecule has 15 rings (SSSR count). The third kappa shape index (κ3) is 6.86. The van der Waals surface area contributed by atoms with Gasteiger partial charge in [-0.15, -0.1) is 11.3 Å². The predicted molar refractivity (Wildman–Crippen MR) is 308 cm³/mol. The number of aromatic nitrogens is 4. The zero-order chi connectivity index (χ0) is 48.6. The fourth-order valence-corrected chi connectivity index (χ4v) is 12.2. The number of rotatable bonds is 6. The first-order valence-electron chi connectivity index (χ1n) is 24.9. The molecule has 0 unspecified atom stereocenters. The van der Waals surface area contributed by atoms with Crippen molar-refractivity contribution in [3.8, 4) is 62.1 Å². The molecule has 0 fully saturated rings. The van der Waals surface area contributed by atoms with Crippen LogP contribution in [-0.2, 0) is 0 Å². The molecule has 4 aromatic heterocycles. The average molecular weight is 953 g/mol. The average Bonchev–Trinajstić information content (AvgIpc) is 4.16. The second-order valence-corrected chi connectivity index (χ2v) is 19.3. The van der Waals surface area contributed by atoms with E-state index in [0.717, 1.165) is 66.5 Å². The van der Waals surface area contributed by atoms with E-state index in [1.54, 1.807) is 0 Å². The summed E-state index contributed by atoms with van der Waals surface area (Å²) in [6, 6.07) is 82.4. The number of thiophene rings is 1. The second kappa shape index (κ2) is 17.3. The maximum atomic E-state index is 6.35. The molecule has 0 aliphatic carbocycles. The van der Waals surface area contributed by atoms with Gasteiger partial charge in [0.2, 0.25) is 0 Å². The molecule has 0 aliphatic heterocycles. The normalized spacial score (nSPS) is 11.7. The van der Waals surface area contributed by atoms with Crippen molar-refractivity contribution >= 4 is 96.8 Å². The molecule has 15 aromatic rings. The lowest BCUT2D eigenvalue weighted by Gasteiger charge is -2.15. The number of para-hydroxylation sites is 2. The van der Waals surface area contributed by atoms with Crippen LogP contribution >= 0.6 is 11.3 Å². The second-order valence-electron chi connectivity index (χ2n) is 18.2. The summed E-state index contributed by atoms with van der Waals surface area (Å²) in [5, 5.41) is 12.0. The Bertz CT molecular complexity index is 4660. The highest BCUT2D eigenvalue weighted by Gasteiger charge is 2.23. The SMILES string of the molecule is CC.c1ccc(-c2nc(-c3cccc(-n4c5c(-c6cccc(-c7cccc8sc9ccccc9c78)c6)cccc5c5c6ccccc6c6ccccc6c54)c3)nc(-c3ccc4c(c3)oc3ccccc34)n2)cc1. The Kier molecular flexibility index (Phi) is 10.1. The third-order valence-electron chi connectivity index (χ3n) is 14.2. The molecule has 0 saturated heterocycles. The standard InChI is InChI=1S/C65H38N4OS.C2H6/c1-2-16-39(17-3-1)63-66-64(68-65(67-63)43-34-35-50-49-24-8-10-31-55(49)70-56(50)38-43)42-20-13-21-44(37-42)69-61-46(29-14-30-54(61)60-51-25-6-4-22-47(51)48-23-5-7-26-52(48)62(60)69)41-19-12-18-40(36-41)45-28-15-33-58-59(45)53-27-9-11-32-57(53)71-58;1-2/h1-38H;1-2H3. The molecule has 0 N–H and O–H groups in total. The molecular formula is C67H44N4OS. The molecule has 344 valence electrons. The summed E-state index contributed by atoms with van der Waals surface area (Å²) in [7, 11) is 0. The molecule has 73 heavy (non-hydrogen) atoms. The Balaban J connectivity index is 0.00000244. The molecule has 0 radical (unpaired) electrons. The molecule has 5 nitrogen and oxygen atoms in total. The maximum absolute atomic E-state index is 6.35. The Morgan fingerprint density at radius 2 is 0.863 bits per heavy atom. The molecule has 0 saturated carbocycles. The molecule has 0 amide bonds. The van der Waals surface area contributed by atoms with E-state index >= 15 is 0 Å². The van der Waals surface area contributed by atoms with E-state index in [-0.39, 0.29) is 0 Å². The van der Waals surface area contributed by atoms with E-state index in [2.05, 4.69) is 193 Å². The molecule has 0 atom stereocenters. The molecule has 0 aliphatic rings. The van der Waals surface area contributed by atoms with Gasteiger partial charge in [-0.1, -0.05) is 196 Å². The Labute approximate surface area is 424 Å². The fourth-order valence-electron chi connectivity index (χ4n) is 11.1. The first kappa shape index (κ1) is 42.6. The summed E-state index contributed by atoms with van der Waals surface area (Å²) in [6.45, 7) is 4.00. The van der Waals surface area contributed by atoms with Crippen LogP contribution in [-0.4, -0.2) is 19.5 Å². The lowest BCUT2D eigenvalue weighted by molar-refractivity contribution is 0.669. The molecule has 4 heterocycles. The summed E-state index contributed by atoms with van der Waals surface area (Å²) in [5.74, 6) is 1.76. The smallest absolute Gasteiger partial charge is 0.164 e. The molecular weight excluding hydrogens is 909 g/mol. The first-order chi connectivity index (χ1) is 36.2. The molecule has 0 bridgehead atoms. The van der Waals surface area contributed by atoms with Crippen molar-refractivity contribution in [3.63, 3.8) is 0 Å². The van der Waals surface area contributed by atoms with Crippen molar-refractivity contribution in [2.75, 3.05) is 0 Å². The van der Waals surface area contributed by atoms with Crippen LogP contribution < -0.4 is 0 Å². The zero-order valence-electron chi connectivity index (χ0n) is 40.0. The monoisotopic (exact) mass is 952 g/mol. The van der Waals surface area contributed by atoms with Gasteiger partial charge in [0.15, 0.2) is 17.5 Å². The van der Waals surface area contributed by atoms with Crippen LogP contribution in [0.25, 0.3) is 148 Å². The van der Waals surface area contributed by atoms with E-state index in [4.69, 9.17) is 19.4 Å². The van der Waals surface area contributed by atoms with E-state index in [9.17, 15) is 0 Å². The highest BCUT2D eigenvalue weighted by atomic mass is 32.1. The van der Waals surface area contributed by atoms with Crippen molar-refractivity contribution in [1.29, 1.82) is 0 Å².